The van der Waals surface area contributed by atoms with E-state index in [0.717, 1.165) is 29.6 Å². The van der Waals surface area contributed by atoms with E-state index in [0.29, 0.717) is 11.6 Å². The quantitative estimate of drug-likeness (QED) is 0.181. The topological polar surface area (TPSA) is 140 Å². The maximum atomic E-state index is 15.0. The minimum atomic E-state index is -2.16. The monoisotopic (exact) mass is 643 g/mol. The molecular weight excluding hydrogens is 609 g/mol. The second-order valence-corrected chi connectivity index (χ2v) is 10.8. The lowest BCUT2D eigenvalue weighted by Crippen LogP contribution is -2.42. The Kier molecular flexibility index (Phi) is 10.6. The lowest BCUT2D eigenvalue weighted by atomic mass is 9.79. The van der Waals surface area contributed by atoms with Crippen LogP contribution in [0.2, 0.25) is 0 Å². The molecule has 13 nitrogen and oxygen atoms in total. The van der Waals surface area contributed by atoms with Crippen LogP contribution >= 0.6 is 0 Å². The van der Waals surface area contributed by atoms with Gasteiger partial charge in [0.15, 0.2) is 5.82 Å². The number of benzene rings is 1. The molecule has 3 aromatic heterocycles. The van der Waals surface area contributed by atoms with Gasteiger partial charge in [-0.15, -0.1) is 4.68 Å². The van der Waals surface area contributed by atoms with E-state index in [1.807, 2.05) is 0 Å². The summed E-state index contributed by atoms with van der Waals surface area (Å²) in [5.74, 6) is -4.10. The van der Waals surface area contributed by atoms with Gasteiger partial charge in [0.25, 0.3) is 6.33 Å². The van der Waals surface area contributed by atoms with E-state index in [-0.39, 0.29) is 30.2 Å². The van der Waals surface area contributed by atoms with E-state index in [1.54, 1.807) is 38.1 Å². The summed E-state index contributed by atoms with van der Waals surface area (Å²) in [5.41, 5.74) is -2.18. The van der Waals surface area contributed by atoms with Crippen LogP contribution in [0.15, 0.2) is 61.7 Å². The first kappa shape index (κ1) is 33.9. The SMILES string of the molecule is CC(OC(=O)N(C)c1ncccc1COC(=O)CN(C)C)[n+]1cnn(C[C@](O)(c2ccc(F)cc2F)[C@@H](C)c2ncncc2F)c1. The van der Waals surface area contributed by atoms with Gasteiger partial charge in [0.2, 0.25) is 12.6 Å². The zero-order valence-electron chi connectivity index (χ0n) is 25.8. The van der Waals surface area contributed by atoms with Gasteiger partial charge in [-0.3, -0.25) is 14.6 Å². The van der Waals surface area contributed by atoms with Crippen LogP contribution in [-0.2, 0) is 33.0 Å². The normalized spacial score (nSPS) is 14.0. The minimum Gasteiger partial charge on any atom is -0.460 e. The van der Waals surface area contributed by atoms with Crippen LogP contribution in [0.1, 0.15) is 42.8 Å². The fourth-order valence-electron chi connectivity index (χ4n) is 4.70. The molecule has 1 amide bonds. The van der Waals surface area contributed by atoms with Gasteiger partial charge in [0.1, 0.15) is 42.5 Å². The summed E-state index contributed by atoms with van der Waals surface area (Å²) in [7, 11) is 4.91. The number of carbonyl (C=O) groups excluding carboxylic acids is 2. The molecule has 1 unspecified atom stereocenters. The Morgan fingerprint density at radius 3 is 2.57 bits per heavy atom. The van der Waals surface area contributed by atoms with Crippen molar-refractivity contribution < 1.29 is 41.9 Å². The summed E-state index contributed by atoms with van der Waals surface area (Å²) in [5, 5.41) is 16.1. The van der Waals surface area contributed by atoms with Crippen LogP contribution in [0, 0.1) is 17.5 Å². The molecule has 0 saturated heterocycles. The molecule has 0 bridgehead atoms. The molecule has 0 aliphatic carbocycles. The molecule has 46 heavy (non-hydrogen) atoms. The lowest BCUT2D eigenvalue weighted by molar-refractivity contribution is -0.753. The minimum absolute atomic E-state index is 0.0859. The fourth-order valence-corrected chi connectivity index (χ4v) is 4.70. The van der Waals surface area contributed by atoms with Gasteiger partial charge in [-0.2, -0.15) is 4.57 Å². The zero-order chi connectivity index (χ0) is 33.6. The molecule has 244 valence electrons. The molecule has 0 aliphatic heterocycles. The number of nitrogens with zero attached hydrogens (tertiary/aromatic N) is 8. The second-order valence-electron chi connectivity index (χ2n) is 10.8. The average Bonchev–Trinajstić information content (AvgIpc) is 3.47. The Morgan fingerprint density at radius 2 is 1.87 bits per heavy atom. The standard InChI is InChI=1S/C30H34F3N8O5/c1-19(27-25(33)12-34-16-36-27)30(44,23-9-8-22(31)11-24(23)32)15-41-18-40(17-37-41)20(2)46-29(43)39(5)28-21(7-6-10-35-28)14-45-26(42)13-38(3)4/h6-12,16-20,44H,13-15H2,1-5H3/q+1/t19-,20?,30+/m0/s1. The van der Waals surface area contributed by atoms with E-state index in [1.165, 1.54) is 42.1 Å². The van der Waals surface area contributed by atoms with E-state index >= 15 is 4.39 Å². The Bertz CT molecular complexity index is 1690. The molecule has 3 atom stereocenters. The van der Waals surface area contributed by atoms with Gasteiger partial charge in [-0.05, 0) is 26.2 Å². The Balaban J connectivity index is 1.52. The average molecular weight is 644 g/mol. The fraction of sp³-hybridized carbons (Fsp3) is 0.367. The molecule has 4 aromatic rings. The largest absolute Gasteiger partial charge is 0.460 e. The van der Waals surface area contributed by atoms with Gasteiger partial charge < -0.3 is 14.6 Å². The van der Waals surface area contributed by atoms with Crippen LogP contribution in [0.3, 0.4) is 0 Å². The van der Waals surface area contributed by atoms with Crippen molar-refractivity contribution in [2.45, 2.75) is 44.7 Å². The highest BCUT2D eigenvalue weighted by Gasteiger charge is 2.43. The number of likely N-dealkylation sites (N-methyl/N-ethyl adjacent to an activating group) is 1. The van der Waals surface area contributed by atoms with Crippen molar-refractivity contribution in [3.05, 3.63) is 96.0 Å². The molecule has 0 spiro atoms. The third-order valence-electron chi connectivity index (χ3n) is 7.21. The smallest absolute Gasteiger partial charge is 0.418 e. The van der Waals surface area contributed by atoms with Crippen molar-refractivity contribution in [1.82, 2.24) is 29.6 Å². The van der Waals surface area contributed by atoms with Gasteiger partial charge in [0.05, 0.1) is 18.4 Å². The number of pyridine rings is 1. The summed E-state index contributed by atoms with van der Waals surface area (Å²) < 4.78 is 57.0. The highest BCUT2D eigenvalue weighted by molar-refractivity contribution is 5.86. The van der Waals surface area contributed by atoms with E-state index in [9.17, 15) is 23.5 Å². The van der Waals surface area contributed by atoms with Crippen LogP contribution in [0.4, 0.5) is 23.8 Å². The molecule has 0 saturated carbocycles. The van der Waals surface area contributed by atoms with Crippen molar-refractivity contribution in [1.29, 1.82) is 0 Å². The number of anilines is 1. The molecule has 4 rings (SSSR count). The van der Waals surface area contributed by atoms with Crippen molar-refractivity contribution in [3.8, 4) is 0 Å². The molecule has 1 N–H and O–H groups in total. The summed E-state index contributed by atoms with van der Waals surface area (Å²) in [6, 6.07) is 5.98. The van der Waals surface area contributed by atoms with Gasteiger partial charge in [0, 0.05) is 48.4 Å². The molecule has 3 heterocycles. The molecular formula is C30H34F3N8O5+. The number of aromatic nitrogens is 6. The first-order valence-electron chi connectivity index (χ1n) is 14.0. The van der Waals surface area contributed by atoms with Crippen LogP contribution in [-0.4, -0.2) is 74.5 Å². The van der Waals surface area contributed by atoms with E-state index in [4.69, 9.17) is 9.47 Å². The second kappa shape index (κ2) is 14.4. The molecule has 1 aromatic carbocycles. The number of rotatable bonds is 12. The van der Waals surface area contributed by atoms with E-state index in [2.05, 4.69) is 20.1 Å². The Labute approximate surface area is 262 Å². The summed E-state index contributed by atoms with van der Waals surface area (Å²) in [6.07, 6.45) is 4.48. The van der Waals surface area contributed by atoms with Crippen molar-refractivity contribution in [3.63, 3.8) is 0 Å². The summed E-state index contributed by atoms with van der Waals surface area (Å²) in [6.45, 7) is 2.56. The number of hydrogen-bond donors (Lipinski definition) is 1. The van der Waals surface area contributed by atoms with E-state index < -0.39 is 53.8 Å². The molecule has 0 fully saturated rings. The van der Waals surface area contributed by atoms with Gasteiger partial charge >= 0.3 is 12.1 Å². The maximum absolute atomic E-state index is 15.0. The third kappa shape index (κ3) is 7.81. The number of aliphatic hydroxyl groups is 1. The van der Waals surface area contributed by atoms with Crippen molar-refractivity contribution in [2.75, 3.05) is 32.6 Å². The number of esters is 1. The Morgan fingerprint density at radius 1 is 1.11 bits per heavy atom. The van der Waals surface area contributed by atoms with Crippen LogP contribution < -0.4 is 9.47 Å². The highest BCUT2D eigenvalue weighted by Crippen LogP contribution is 2.39. The Hall–Kier alpha value is -4.96. The number of halogens is 3. The summed E-state index contributed by atoms with van der Waals surface area (Å²) in [4.78, 5) is 39.7. The highest BCUT2D eigenvalue weighted by atomic mass is 19.1. The lowest BCUT2D eigenvalue weighted by Gasteiger charge is -2.32. The molecule has 16 heteroatoms. The predicted octanol–water partition coefficient (Wildman–Crippen LogP) is 2.86. The summed E-state index contributed by atoms with van der Waals surface area (Å²) >= 11 is 0. The van der Waals surface area contributed by atoms with Crippen molar-refractivity contribution >= 4 is 17.9 Å². The predicted molar refractivity (Wildman–Crippen MR) is 155 cm³/mol. The number of carbonyl (C=O) groups is 2. The first-order chi connectivity index (χ1) is 21.8. The number of amides is 1. The van der Waals surface area contributed by atoms with Gasteiger partial charge in [-0.25, -0.2) is 32.9 Å². The van der Waals surface area contributed by atoms with Crippen LogP contribution in [0.5, 0.6) is 0 Å². The molecule has 0 radical (unpaired) electrons. The molecule has 0 aliphatic rings. The first-order valence-corrected chi connectivity index (χ1v) is 14.0. The van der Waals surface area contributed by atoms with Gasteiger partial charge in [-0.1, -0.05) is 19.1 Å². The van der Waals surface area contributed by atoms with Crippen molar-refractivity contribution in [2.24, 2.45) is 0 Å². The third-order valence-corrected chi connectivity index (χ3v) is 7.21. The number of ether oxygens (including phenoxy) is 2. The van der Waals surface area contributed by atoms with Crippen LogP contribution in [0.25, 0.3) is 0 Å². The zero-order valence-corrected chi connectivity index (χ0v) is 25.8. The number of hydrogen-bond acceptors (Lipinski definition) is 10. The maximum Gasteiger partial charge on any atom is 0.418 e.